The van der Waals surface area contributed by atoms with Crippen molar-refractivity contribution in [1.82, 2.24) is 0 Å². The molecule has 0 aliphatic heterocycles. The number of alkyl halides is 1. The lowest BCUT2D eigenvalue weighted by molar-refractivity contribution is 0.306. The SMILES string of the molecule is COc1ccc(COc2ccc3c(=O)cc(CCl)oc3c2)cc1. The first-order valence-corrected chi connectivity index (χ1v) is 7.61. The Morgan fingerprint density at radius 1 is 1.04 bits per heavy atom. The molecule has 3 rings (SSSR count). The van der Waals surface area contributed by atoms with Gasteiger partial charge in [-0.1, -0.05) is 12.1 Å². The summed E-state index contributed by atoms with van der Waals surface area (Å²) >= 11 is 5.73. The van der Waals surface area contributed by atoms with Gasteiger partial charge >= 0.3 is 0 Å². The fraction of sp³-hybridized carbons (Fsp3) is 0.167. The smallest absolute Gasteiger partial charge is 0.192 e. The molecule has 0 fully saturated rings. The normalized spacial score (nSPS) is 10.7. The molecule has 0 N–H and O–H groups in total. The first-order valence-electron chi connectivity index (χ1n) is 7.08. The van der Waals surface area contributed by atoms with Crippen molar-refractivity contribution in [3.63, 3.8) is 0 Å². The van der Waals surface area contributed by atoms with E-state index in [1.165, 1.54) is 6.07 Å². The number of fused-ring (bicyclic) bond motifs is 1. The predicted molar refractivity (Wildman–Crippen MR) is 89.4 cm³/mol. The number of hydrogen-bond acceptors (Lipinski definition) is 4. The average Bonchev–Trinajstić information content (AvgIpc) is 2.60. The molecule has 0 amide bonds. The zero-order valence-electron chi connectivity index (χ0n) is 12.5. The van der Waals surface area contributed by atoms with Gasteiger partial charge in [0.1, 0.15) is 29.4 Å². The molecule has 0 radical (unpaired) electrons. The molecule has 5 heteroatoms. The first kappa shape index (κ1) is 15.4. The third-order valence-electron chi connectivity index (χ3n) is 3.45. The summed E-state index contributed by atoms with van der Waals surface area (Å²) < 4.78 is 16.5. The van der Waals surface area contributed by atoms with E-state index in [9.17, 15) is 4.79 Å². The molecule has 0 saturated carbocycles. The fourth-order valence-electron chi connectivity index (χ4n) is 2.23. The van der Waals surface area contributed by atoms with Gasteiger partial charge in [-0.15, -0.1) is 11.6 Å². The fourth-order valence-corrected chi connectivity index (χ4v) is 2.36. The van der Waals surface area contributed by atoms with E-state index >= 15 is 0 Å². The number of hydrogen-bond donors (Lipinski definition) is 0. The average molecular weight is 331 g/mol. The molecule has 0 aliphatic rings. The highest BCUT2D eigenvalue weighted by atomic mass is 35.5. The quantitative estimate of drug-likeness (QED) is 0.660. The lowest BCUT2D eigenvalue weighted by atomic mass is 10.2. The Labute approximate surface area is 138 Å². The van der Waals surface area contributed by atoms with Crippen molar-refractivity contribution >= 4 is 22.6 Å². The van der Waals surface area contributed by atoms with E-state index in [0.717, 1.165) is 11.3 Å². The third kappa shape index (κ3) is 3.48. The predicted octanol–water partition coefficient (Wildman–Crippen LogP) is 4.12. The molecule has 4 nitrogen and oxygen atoms in total. The monoisotopic (exact) mass is 330 g/mol. The maximum absolute atomic E-state index is 11.9. The van der Waals surface area contributed by atoms with E-state index in [2.05, 4.69) is 0 Å². The van der Waals surface area contributed by atoms with Gasteiger partial charge in [0.2, 0.25) is 0 Å². The van der Waals surface area contributed by atoms with Crippen LogP contribution in [-0.2, 0) is 12.5 Å². The summed E-state index contributed by atoms with van der Waals surface area (Å²) in [6.45, 7) is 0.412. The van der Waals surface area contributed by atoms with Crippen LogP contribution in [0.5, 0.6) is 11.5 Å². The molecule has 23 heavy (non-hydrogen) atoms. The molecular formula is C18H15ClO4. The third-order valence-corrected chi connectivity index (χ3v) is 3.71. The Morgan fingerprint density at radius 2 is 1.78 bits per heavy atom. The molecule has 0 saturated heterocycles. The van der Waals surface area contributed by atoms with Crippen molar-refractivity contribution in [1.29, 1.82) is 0 Å². The van der Waals surface area contributed by atoms with Crippen molar-refractivity contribution in [2.45, 2.75) is 12.5 Å². The van der Waals surface area contributed by atoms with E-state index in [1.807, 2.05) is 24.3 Å². The van der Waals surface area contributed by atoms with Crippen LogP contribution >= 0.6 is 11.6 Å². The van der Waals surface area contributed by atoms with E-state index in [4.69, 9.17) is 25.5 Å². The van der Waals surface area contributed by atoms with Gasteiger partial charge in [0.15, 0.2) is 5.43 Å². The van der Waals surface area contributed by atoms with E-state index in [1.54, 1.807) is 25.3 Å². The van der Waals surface area contributed by atoms with Crippen LogP contribution in [0.2, 0.25) is 0 Å². The van der Waals surface area contributed by atoms with E-state index in [-0.39, 0.29) is 11.3 Å². The van der Waals surface area contributed by atoms with Crippen LogP contribution in [0.25, 0.3) is 11.0 Å². The number of ether oxygens (including phenoxy) is 2. The highest BCUT2D eigenvalue weighted by molar-refractivity contribution is 6.16. The van der Waals surface area contributed by atoms with E-state index < -0.39 is 0 Å². The van der Waals surface area contributed by atoms with Crippen LogP contribution in [-0.4, -0.2) is 7.11 Å². The molecule has 118 valence electrons. The van der Waals surface area contributed by atoms with Crippen molar-refractivity contribution in [3.8, 4) is 11.5 Å². The Morgan fingerprint density at radius 3 is 2.48 bits per heavy atom. The van der Waals surface area contributed by atoms with Crippen LogP contribution < -0.4 is 14.9 Å². The summed E-state index contributed by atoms with van der Waals surface area (Å²) in [5.74, 6) is 2.02. The molecule has 1 aromatic heterocycles. The van der Waals surface area contributed by atoms with Crippen LogP contribution in [0, 0.1) is 0 Å². The highest BCUT2D eigenvalue weighted by Gasteiger charge is 2.06. The largest absolute Gasteiger partial charge is 0.497 e. The van der Waals surface area contributed by atoms with Gasteiger partial charge in [-0.3, -0.25) is 4.79 Å². The number of methoxy groups -OCH3 is 1. The van der Waals surface area contributed by atoms with Crippen molar-refractivity contribution in [2.75, 3.05) is 7.11 Å². The second kappa shape index (κ2) is 6.75. The topological polar surface area (TPSA) is 48.7 Å². The molecule has 3 aromatic rings. The Hall–Kier alpha value is -2.46. The molecular weight excluding hydrogens is 316 g/mol. The lowest BCUT2D eigenvalue weighted by Gasteiger charge is -2.08. The van der Waals surface area contributed by atoms with E-state index in [0.29, 0.717) is 29.1 Å². The van der Waals surface area contributed by atoms with Gasteiger partial charge < -0.3 is 13.9 Å². The molecule has 1 heterocycles. The van der Waals surface area contributed by atoms with Gasteiger partial charge in [-0.2, -0.15) is 0 Å². The second-order valence-corrected chi connectivity index (χ2v) is 5.27. The molecule has 0 spiro atoms. The summed E-state index contributed by atoms with van der Waals surface area (Å²) in [7, 11) is 1.63. The summed E-state index contributed by atoms with van der Waals surface area (Å²) in [5, 5.41) is 0.510. The van der Waals surface area contributed by atoms with Crippen molar-refractivity contribution < 1.29 is 13.9 Å². The maximum atomic E-state index is 11.9. The lowest BCUT2D eigenvalue weighted by Crippen LogP contribution is -2.02. The van der Waals surface area contributed by atoms with Gasteiger partial charge in [0, 0.05) is 12.1 Å². The van der Waals surface area contributed by atoms with Gasteiger partial charge in [0.25, 0.3) is 0 Å². The second-order valence-electron chi connectivity index (χ2n) is 5.01. The van der Waals surface area contributed by atoms with Crippen molar-refractivity contribution in [2.24, 2.45) is 0 Å². The number of benzene rings is 2. The minimum Gasteiger partial charge on any atom is -0.497 e. The van der Waals surface area contributed by atoms with Crippen LogP contribution in [0.1, 0.15) is 11.3 Å². The van der Waals surface area contributed by atoms with Gasteiger partial charge in [-0.25, -0.2) is 0 Å². The summed E-state index contributed by atoms with van der Waals surface area (Å²) in [5.41, 5.74) is 1.38. The van der Waals surface area contributed by atoms with Crippen LogP contribution in [0.15, 0.2) is 57.7 Å². The highest BCUT2D eigenvalue weighted by Crippen LogP contribution is 2.21. The number of rotatable bonds is 5. The molecule has 0 aliphatic carbocycles. The molecule has 0 atom stereocenters. The summed E-state index contributed by atoms with van der Waals surface area (Å²) in [6, 6.07) is 14.2. The molecule has 0 bridgehead atoms. The molecule has 0 unspecified atom stereocenters. The minimum atomic E-state index is -0.108. The zero-order chi connectivity index (χ0) is 16.2. The zero-order valence-corrected chi connectivity index (χ0v) is 13.3. The first-order chi connectivity index (χ1) is 11.2. The Bertz CT molecular complexity index is 868. The van der Waals surface area contributed by atoms with Crippen LogP contribution in [0.4, 0.5) is 0 Å². The minimum absolute atomic E-state index is 0.108. The van der Waals surface area contributed by atoms with Crippen molar-refractivity contribution in [3.05, 3.63) is 70.1 Å². The van der Waals surface area contributed by atoms with Gasteiger partial charge in [0.05, 0.1) is 18.4 Å². The Kier molecular flexibility index (Phi) is 4.53. The summed E-state index contributed by atoms with van der Waals surface area (Å²) in [4.78, 5) is 11.9. The van der Waals surface area contributed by atoms with Crippen LogP contribution in [0.3, 0.4) is 0 Å². The Balaban J connectivity index is 1.81. The molecule has 2 aromatic carbocycles. The standard InChI is InChI=1S/C18H15ClO4/c1-21-13-4-2-12(3-5-13)11-22-14-6-7-16-17(20)8-15(10-19)23-18(16)9-14/h2-9H,10-11H2,1H3. The van der Waals surface area contributed by atoms with Gasteiger partial charge in [-0.05, 0) is 29.8 Å². The number of halogens is 1. The summed E-state index contributed by atoms with van der Waals surface area (Å²) in [6.07, 6.45) is 0. The maximum Gasteiger partial charge on any atom is 0.192 e.